The first-order valence-corrected chi connectivity index (χ1v) is 7.00. The number of amides is 1. The Morgan fingerprint density at radius 3 is 2.80 bits per heavy atom. The lowest BCUT2D eigenvalue weighted by molar-refractivity contribution is -0.152. The summed E-state index contributed by atoms with van der Waals surface area (Å²) in [5.41, 5.74) is 1.79. The molecule has 2 heterocycles. The third-order valence-electron chi connectivity index (χ3n) is 4.21. The van der Waals surface area contributed by atoms with Crippen LogP contribution in [0.2, 0.25) is 0 Å². The Bertz CT molecular complexity index is 538. The van der Waals surface area contributed by atoms with Gasteiger partial charge in [0, 0.05) is 13.1 Å². The van der Waals surface area contributed by atoms with Gasteiger partial charge in [-0.2, -0.15) is 0 Å². The summed E-state index contributed by atoms with van der Waals surface area (Å²) in [6.45, 7) is 1.98. The van der Waals surface area contributed by atoms with Gasteiger partial charge in [0.2, 0.25) is 5.91 Å². The first kappa shape index (κ1) is 13.1. The van der Waals surface area contributed by atoms with E-state index in [4.69, 9.17) is 0 Å². The second kappa shape index (κ2) is 5.25. The molecule has 0 spiro atoms. The number of hydrogen-bond acceptors (Lipinski definition) is 3. The maximum absolute atomic E-state index is 12.5. The molecule has 0 aliphatic carbocycles. The van der Waals surface area contributed by atoms with Crippen molar-refractivity contribution in [1.82, 2.24) is 10.2 Å². The standard InChI is InChI=1S/C15H18N2O3/c18-14(11-5-7-16-9-11)17-8-6-10-3-1-2-4-12(10)13(17)15(19)20/h1-4,11,13,16H,5-9H2,(H,19,20). The molecule has 1 aromatic carbocycles. The third-order valence-corrected chi connectivity index (χ3v) is 4.21. The molecule has 0 bridgehead atoms. The SMILES string of the molecule is O=C(O)C1c2ccccc2CCN1C(=O)C1CCNC1. The van der Waals surface area contributed by atoms with E-state index in [9.17, 15) is 14.7 Å². The van der Waals surface area contributed by atoms with Crippen LogP contribution in [0.1, 0.15) is 23.6 Å². The molecule has 2 N–H and O–H groups in total. The molecule has 2 atom stereocenters. The van der Waals surface area contributed by atoms with Crippen LogP contribution in [0.15, 0.2) is 24.3 Å². The van der Waals surface area contributed by atoms with E-state index in [0.29, 0.717) is 13.1 Å². The maximum Gasteiger partial charge on any atom is 0.331 e. The fourth-order valence-electron chi connectivity index (χ4n) is 3.17. The Balaban J connectivity index is 1.92. The maximum atomic E-state index is 12.5. The molecule has 106 valence electrons. The molecule has 2 aliphatic heterocycles. The van der Waals surface area contributed by atoms with Gasteiger partial charge in [-0.05, 0) is 30.5 Å². The van der Waals surface area contributed by atoms with E-state index in [2.05, 4.69) is 5.32 Å². The second-order valence-electron chi connectivity index (χ2n) is 5.41. The predicted molar refractivity (Wildman–Crippen MR) is 73.2 cm³/mol. The molecular formula is C15H18N2O3. The van der Waals surface area contributed by atoms with Gasteiger partial charge in [-0.1, -0.05) is 24.3 Å². The van der Waals surface area contributed by atoms with Gasteiger partial charge in [-0.15, -0.1) is 0 Å². The molecule has 20 heavy (non-hydrogen) atoms. The zero-order valence-electron chi connectivity index (χ0n) is 11.2. The van der Waals surface area contributed by atoms with E-state index in [1.165, 1.54) is 0 Å². The van der Waals surface area contributed by atoms with Crippen molar-refractivity contribution in [3.05, 3.63) is 35.4 Å². The molecule has 0 saturated carbocycles. The summed E-state index contributed by atoms with van der Waals surface area (Å²) in [5, 5.41) is 12.7. The predicted octanol–water partition coefficient (Wildman–Crippen LogP) is 0.806. The van der Waals surface area contributed by atoms with Crippen LogP contribution in [-0.2, 0) is 16.0 Å². The van der Waals surface area contributed by atoms with Crippen molar-refractivity contribution >= 4 is 11.9 Å². The summed E-state index contributed by atoms with van der Waals surface area (Å²) in [5.74, 6) is -1.06. The molecule has 1 aromatic rings. The van der Waals surface area contributed by atoms with E-state index < -0.39 is 12.0 Å². The zero-order valence-corrected chi connectivity index (χ0v) is 11.2. The second-order valence-corrected chi connectivity index (χ2v) is 5.41. The topological polar surface area (TPSA) is 69.6 Å². The summed E-state index contributed by atoms with van der Waals surface area (Å²) in [4.78, 5) is 25.7. The number of carbonyl (C=O) groups excluding carboxylic acids is 1. The van der Waals surface area contributed by atoms with Crippen LogP contribution in [0, 0.1) is 5.92 Å². The number of nitrogens with one attached hydrogen (secondary N) is 1. The largest absolute Gasteiger partial charge is 0.479 e. The van der Waals surface area contributed by atoms with Gasteiger partial charge in [0.05, 0.1) is 5.92 Å². The Kier molecular flexibility index (Phi) is 3.44. The average molecular weight is 274 g/mol. The number of benzene rings is 1. The van der Waals surface area contributed by atoms with Crippen LogP contribution in [0.3, 0.4) is 0 Å². The smallest absolute Gasteiger partial charge is 0.331 e. The molecule has 1 amide bonds. The Morgan fingerprint density at radius 2 is 2.10 bits per heavy atom. The van der Waals surface area contributed by atoms with Crippen molar-refractivity contribution in [2.45, 2.75) is 18.9 Å². The lowest BCUT2D eigenvalue weighted by Crippen LogP contribution is -2.46. The van der Waals surface area contributed by atoms with Crippen LogP contribution in [0.4, 0.5) is 0 Å². The lowest BCUT2D eigenvalue weighted by atomic mass is 9.91. The van der Waals surface area contributed by atoms with E-state index >= 15 is 0 Å². The van der Waals surface area contributed by atoms with E-state index in [-0.39, 0.29) is 11.8 Å². The normalized spacial score (nSPS) is 25.3. The highest BCUT2D eigenvalue weighted by molar-refractivity contribution is 5.87. The minimum atomic E-state index is -0.948. The molecule has 3 rings (SSSR count). The summed E-state index contributed by atoms with van der Waals surface area (Å²) in [6, 6.07) is 6.67. The highest BCUT2D eigenvalue weighted by atomic mass is 16.4. The molecule has 0 aromatic heterocycles. The Labute approximate surface area is 117 Å². The number of hydrogen-bond donors (Lipinski definition) is 2. The average Bonchev–Trinajstić information content (AvgIpc) is 2.99. The van der Waals surface area contributed by atoms with Gasteiger partial charge in [-0.25, -0.2) is 4.79 Å². The number of rotatable bonds is 2. The molecule has 2 aliphatic rings. The van der Waals surface area contributed by atoms with Crippen molar-refractivity contribution in [2.24, 2.45) is 5.92 Å². The van der Waals surface area contributed by atoms with Crippen LogP contribution < -0.4 is 5.32 Å². The molecular weight excluding hydrogens is 256 g/mol. The van der Waals surface area contributed by atoms with Crippen molar-refractivity contribution in [2.75, 3.05) is 19.6 Å². The van der Waals surface area contributed by atoms with Crippen LogP contribution in [-0.4, -0.2) is 41.5 Å². The number of carbonyl (C=O) groups is 2. The van der Waals surface area contributed by atoms with Crippen molar-refractivity contribution in [3.8, 4) is 0 Å². The Hall–Kier alpha value is -1.88. The number of nitrogens with zero attached hydrogens (tertiary/aromatic N) is 1. The van der Waals surface area contributed by atoms with E-state index in [0.717, 1.165) is 30.5 Å². The van der Waals surface area contributed by atoms with Gasteiger partial charge < -0.3 is 15.3 Å². The highest BCUT2D eigenvalue weighted by Gasteiger charge is 2.38. The minimum Gasteiger partial charge on any atom is -0.479 e. The van der Waals surface area contributed by atoms with Crippen LogP contribution in [0.25, 0.3) is 0 Å². The third kappa shape index (κ3) is 2.18. The molecule has 1 fully saturated rings. The van der Waals surface area contributed by atoms with Crippen LogP contribution in [0.5, 0.6) is 0 Å². The van der Waals surface area contributed by atoms with Crippen molar-refractivity contribution in [1.29, 1.82) is 0 Å². The number of carboxylic acids is 1. The number of aliphatic carboxylic acids is 1. The van der Waals surface area contributed by atoms with Gasteiger partial charge in [0.15, 0.2) is 6.04 Å². The summed E-state index contributed by atoms with van der Waals surface area (Å²) >= 11 is 0. The first-order chi connectivity index (χ1) is 9.68. The molecule has 5 nitrogen and oxygen atoms in total. The molecule has 2 unspecified atom stereocenters. The number of fused-ring (bicyclic) bond motifs is 1. The minimum absolute atomic E-state index is 0.0306. The van der Waals surface area contributed by atoms with Gasteiger partial charge in [-0.3, -0.25) is 4.79 Å². The molecule has 5 heteroatoms. The highest BCUT2D eigenvalue weighted by Crippen LogP contribution is 2.31. The fourth-order valence-corrected chi connectivity index (χ4v) is 3.17. The van der Waals surface area contributed by atoms with Gasteiger partial charge in [0.25, 0.3) is 0 Å². The fraction of sp³-hybridized carbons (Fsp3) is 0.467. The van der Waals surface area contributed by atoms with Gasteiger partial charge >= 0.3 is 5.97 Å². The Morgan fingerprint density at radius 1 is 1.30 bits per heavy atom. The van der Waals surface area contributed by atoms with Gasteiger partial charge in [0.1, 0.15) is 0 Å². The van der Waals surface area contributed by atoms with E-state index in [1.807, 2.05) is 24.3 Å². The van der Waals surface area contributed by atoms with Crippen LogP contribution >= 0.6 is 0 Å². The molecule has 0 radical (unpaired) electrons. The number of carboxylic acid groups (broad SMARTS) is 1. The summed E-state index contributed by atoms with van der Waals surface area (Å²) < 4.78 is 0. The monoisotopic (exact) mass is 274 g/mol. The summed E-state index contributed by atoms with van der Waals surface area (Å²) in [7, 11) is 0. The molecule has 1 saturated heterocycles. The first-order valence-electron chi connectivity index (χ1n) is 7.00. The zero-order chi connectivity index (χ0) is 14.1. The summed E-state index contributed by atoms with van der Waals surface area (Å²) in [6.07, 6.45) is 1.52. The van der Waals surface area contributed by atoms with E-state index in [1.54, 1.807) is 4.90 Å². The van der Waals surface area contributed by atoms with Crippen molar-refractivity contribution < 1.29 is 14.7 Å². The lowest BCUT2D eigenvalue weighted by Gasteiger charge is -2.36. The van der Waals surface area contributed by atoms with Crippen molar-refractivity contribution in [3.63, 3.8) is 0 Å². The quantitative estimate of drug-likeness (QED) is 0.837.